The summed E-state index contributed by atoms with van der Waals surface area (Å²) >= 11 is 5.86. The van der Waals surface area contributed by atoms with E-state index in [0.29, 0.717) is 16.3 Å². The number of hydrogen-bond acceptors (Lipinski definition) is 4. The molecule has 0 bridgehead atoms. The number of benzene rings is 2. The fraction of sp³-hybridized carbons (Fsp3) is 0.188. The standard InChI is InChI=1S/C16H17ClN2O4S/c1-11-7-13(17)5-6-15(11)23-10-16(20)19-9-12-3-2-4-14(8-12)24(18,21)22/h2-8H,9-10H2,1H3,(H,19,20)(H2,18,21,22). The van der Waals surface area contributed by atoms with Gasteiger partial charge in [0.2, 0.25) is 10.0 Å². The number of amides is 1. The summed E-state index contributed by atoms with van der Waals surface area (Å²) in [6.07, 6.45) is 0. The first-order valence-corrected chi connectivity index (χ1v) is 8.95. The van der Waals surface area contributed by atoms with E-state index in [2.05, 4.69) is 5.32 Å². The Hall–Kier alpha value is -2.09. The summed E-state index contributed by atoms with van der Waals surface area (Å²) in [4.78, 5) is 11.8. The van der Waals surface area contributed by atoms with E-state index in [0.717, 1.165) is 5.56 Å². The molecule has 2 aromatic carbocycles. The van der Waals surface area contributed by atoms with Crippen molar-refractivity contribution >= 4 is 27.5 Å². The normalized spacial score (nSPS) is 11.1. The molecule has 2 rings (SSSR count). The quantitative estimate of drug-likeness (QED) is 0.814. The van der Waals surface area contributed by atoms with E-state index >= 15 is 0 Å². The average molecular weight is 369 g/mol. The molecular weight excluding hydrogens is 352 g/mol. The smallest absolute Gasteiger partial charge is 0.258 e. The van der Waals surface area contributed by atoms with E-state index in [4.69, 9.17) is 21.5 Å². The van der Waals surface area contributed by atoms with Gasteiger partial charge >= 0.3 is 0 Å². The van der Waals surface area contributed by atoms with Gasteiger partial charge in [-0.2, -0.15) is 0 Å². The summed E-state index contributed by atoms with van der Waals surface area (Å²) < 4.78 is 28.0. The number of carbonyl (C=O) groups is 1. The number of halogens is 1. The van der Waals surface area contributed by atoms with Crippen molar-refractivity contribution in [3.63, 3.8) is 0 Å². The van der Waals surface area contributed by atoms with E-state index in [1.807, 2.05) is 6.92 Å². The van der Waals surface area contributed by atoms with E-state index in [-0.39, 0.29) is 24.0 Å². The van der Waals surface area contributed by atoms with E-state index in [9.17, 15) is 13.2 Å². The van der Waals surface area contributed by atoms with Crippen molar-refractivity contribution in [2.75, 3.05) is 6.61 Å². The van der Waals surface area contributed by atoms with Gasteiger partial charge in [0.15, 0.2) is 6.61 Å². The predicted octanol–water partition coefficient (Wildman–Crippen LogP) is 1.99. The third-order valence-electron chi connectivity index (χ3n) is 3.21. The molecule has 6 nitrogen and oxygen atoms in total. The fourth-order valence-corrected chi connectivity index (χ4v) is 2.81. The second-order valence-corrected chi connectivity index (χ2v) is 7.17. The van der Waals surface area contributed by atoms with Crippen LogP contribution < -0.4 is 15.2 Å². The molecule has 24 heavy (non-hydrogen) atoms. The van der Waals surface area contributed by atoms with Crippen LogP contribution in [0, 0.1) is 6.92 Å². The van der Waals surface area contributed by atoms with Gasteiger partial charge in [-0.25, -0.2) is 13.6 Å². The minimum Gasteiger partial charge on any atom is -0.484 e. The Morgan fingerprint density at radius 3 is 2.67 bits per heavy atom. The van der Waals surface area contributed by atoms with Crippen LogP contribution in [0.25, 0.3) is 0 Å². The van der Waals surface area contributed by atoms with E-state index < -0.39 is 10.0 Å². The number of hydrogen-bond donors (Lipinski definition) is 2. The van der Waals surface area contributed by atoms with Gasteiger partial charge in [-0.05, 0) is 48.4 Å². The van der Waals surface area contributed by atoms with Gasteiger partial charge in [0, 0.05) is 11.6 Å². The van der Waals surface area contributed by atoms with Crippen molar-refractivity contribution in [1.82, 2.24) is 5.32 Å². The van der Waals surface area contributed by atoms with Crippen LogP contribution in [0.2, 0.25) is 5.02 Å². The molecule has 0 aromatic heterocycles. The Morgan fingerprint density at radius 2 is 2.00 bits per heavy atom. The molecule has 1 amide bonds. The van der Waals surface area contributed by atoms with Crippen LogP contribution in [-0.2, 0) is 21.4 Å². The lowest BCUT2D eigenvalue weighted by Gasteiger charge is -2.10. The number of nitrogens with two attached hydrogens (primary N) is 1. The van der Waals surface area contributed by atoms with Crippen molar-refractivity contribution in [3.05, 3.63) is 58.6 Å². The molecule has 0 unspecified atom stereocenters. The molecule has 0 aliphatic carbocycles. The van der Waals surface area contributed by atoms with Crippen molar-refractivity contribution in [1.29, 1.82) is 0 Å². The van der Waals surface area contributed by atoms with Gasteiger partial charge in [-0.3, -0.25) is 4.79 Å². The zero-order chi connectivity index (χ0) is 17.7. The summed E-state index contributed by atoms with van der Waals surface area (Å²) in [5.74, 6) is 0.246. The zero-order valence-electron chi connectivity index (χ0n) is 13.0. The molecule has 0 heterocycles. The average Bonchev–Trinajstić information content (AvgIpc) is 2.51. The highest BCUT2D eigenvalue weighted by molar-refractivity contribution is 7.89. The molecule has 0 radical (unpaired) electrons. The van der Waals surface area contributed by atoms with Crippen molar-refractivity contribution < 1.29 is 17.9 Å². The van der Waals surface area contributed by atoms with Crippen molar-refractivity contribution in [3.8, 4) is 5.75 Å². The minimum atomic E-state index is -3.77. The van der Waals surface area contributed by atoms with Gasteiger partial charge in [0.05, 0.1) is 4.90 Å². The maximum atomic E-state index is 11.8. The van der Waals surface area contributed by atoms with Gasteiger partial charge in [-0.15, -0.1) is 0 Å². The molecule has 0 saturated heterocycles. The summed E-state index contributed by atoms with van der Waals surface area (Å²) in [6, 6.07) is 11.2. The second-order valence-electron chi connectivity index (χ2n) is 5.17. The van der Waals surface area contributed by atoms with Crippen molar-refractivity contribution in [2.45, 2.75) is 18.4 Å². The Balaban J connectivity index is 1.89. The maximum Gasteiger partial charge on any atom is 0.258 e. The first kappa shape index (κ1) is 18.3. The molecule has 3 N–H and O–H groups in total. The molecule has 128 valence electrons. The number of nitrogens with one attached hydrogen (secondary N) is 1. The number of carbonyl (C=O) groups excluding carboxylic acids is 1. The third kappa shape index (κ3) is 5.23. The molecule has 0 aliphatic rings. The van der Waals surface area contributed by atoms with Gasteiger partial charge in [0.1, 0.15) is 5.75 Å². The molecule has 0 aliphatic heterocycles. The Bertz CT molecular complexity index is 853. The lowest BCUT2D eigenvalue weighted by atomic mass is 10.2. The van der Waals surface area contributed by atoms with Crippen LogP contribution >= 0.6 is 11.6 Å². The van der Waals surface area contributed by atoms with Crippen molar-refractivity contribution in [2.24, 2.45) is 5.14 Å². The first-order valence-electron chi connectivity index (χ1n) is 7.03. The van der Waals surface area contributed by atoms with Crippen LogP contribution in [0.5, 0.6) is 5.75 Å². The molecule has 0 fully saturated rings. The number of primary sulfonamides is 1. The van der Waals surface area contributed by atoms with E-state index in [1.165, 1.54) is 12.1 Å². The van der Waals surface area contributed by atoms with Gasteiger partial charge < -0.3 is 10.1 Å². The highest BCUT2D eigenvalue weighted by Gasteiger charge is 2.09. The summed E-state index contributed by atoms with van der Waals surface area (Å²) in [7, 11) is -3.77. The van der Waals surface area contributed by atoms with Crippen LogP contribution in [-0.4, -0.2) is 20.9 Å². The third-order valence-corrected chi connectivity index (χ3v) is 4.36. The minimum absolute atomic E-state index is 0.00212. The second kappa shape index (κ2) is 7.65. The molecule has 2 aromatic rings. The number of aryl methyl sites for hydroxylation is 1. The number of rotatable bonds is 6. The molecule has 0 spiro atoms. The highest BCUT2D eigenvalue weighted by Crippen LogP contribution is 2.21. The molecular formula is C16H17ClN2O4S. The van der Waals surface area contributed by atoms with Crippen LogP contribution in [0.15, 0.2) is 47.4 Å². The van der Waals surface area contributed by atoms with Crippen LogP contribution in [0.4, 0.5) is 0 Å². The zero-order valence-corrected chi connectivity index (χ0v) is 14.5. The maximum absolute atomic E-state index is 11.8. The Morgan fingerprint density at radius 1 is 1.25 bits per heavy atom. The Labute approximate surface area is 145 Å². The summed E-state index contributed by atoms with van der Waals surface area (Å²) in [5, 5.41) is 8.32. The summed E-state index contributed by atoms with van der Waals surface area (Å²) in [5.41, 5.74) is 1.45. The highest BCUT2D eigenvalue weighted by atomic mass is 35.5. The fourth-order valence-electron chi connectivity index (χ4n) is 2.00. The van der Waals surface area contributed by atoms with Gasteiger partial charge in [-0.1, -0.05) is 23.7 Å². The SMILES string of the molecule is Cc1cc(Cl)ccc1OCC(=O)NCc1cccc(S(N)(=O)=O)c1. The lowest BCUT2D eigenvalue weighted by molar-refractivity contribution is -0.123. The number of sulfonamides is 1. The molecule has 8 heteroatoms. The first-order chi connectivity index (χ1) is 11.3. The lowest BCUT2D eigenvalue weighted by Crippen LogP contribution is -2.28. The molecule has 0 saturated carbocycles. The Kier molecular flexibility index (Phi) is 5.82. The van der Waals surface area contributed by atoms with E-state index in [1.54, 1.807) is 30.3 Å². The topological polar surface area (TPSA) is 98.5 Å². The monoisotopic (exact) mass is 368 g/mol. The summed E-state index contributed by atoms with van der Waals surface area (Å²) in [6.45, 7) is 1.85. The molecule has 0 atom stereocenters. The van der Waals surface area contributed by atoms with Crippen LogP contribution in [0.1, 0.15) is 11.1 Å². The van der Waals surface area contributed by atoms with Gasteiger partial charge in [0.25, 0.3) is 5.91 Å². The predicted molar refractivity (Wildman–Crippen MR) is 91.3 cm³/mol. The largest absolute Gasteiger partial charge is 0.484 e. The van der Waals surface area contributed by atoms with Crippen LogP contribution in [0.3, 0.4) is 0 Å². The number of ether oxygens (including phenoxy) is 1.